The van der Waals surface area contributed by atoms with Gasteiger partial charge in [0.2, 0.25) is 23.7 Å². The molecule has 2 saturated heterocycles. The molecule has 3 aliphatic rings. The summed E-state index contributed by atoms with van der Waals surface area (Å²) in [4.78, 5) is 60.4. The molecule has 0 saturated carbocycles. The van der Waals surface area contributed by atoms with Gasteiger partial charge in [-0.2, -0.15) is 0 Å². The van der Waals surface area contributed by atoms with Crippen LogP contribution in [0.2, 0.25) is 0 Å². The minimum absolute atomic E-state index is 0.000311. The fraction of sp³-hybridized carbons (Fsp3) is 0.429. The number of benzene rings is 2. The number of thiazole rings is 1. The highest BCUT2D eigenvalue weighted by atomic mass is 32.1. The van der Waals surface area contributed by atoms with Crippen molar-refractivity contribution in [1.82, 2.24) is 40.7 Å². The van der Waals surface area contributed by atoms with Crippen LogP contribution in [0.15, 0.2) is 78.6 Å². The molecule has 6 N–H and O–H groups in total. The number of β-amino-alcohol motifs (C(OH)–C–C–N with tert-alkyl or cyclic N) is 1. The number of aliphatic hydroxyl groups is 1. The summed E-state index contributed by atoms with van der Waals surface area (Å²) in [5.74, 6) is -0.0856. The maximum atomic E-state index is 14.3. The summed E-state index contributed by atoms with van der Waals surface area (Å²) in [5.41, 5.74) is 13.1. The molecule has 2 aliphatic heterocycles. The summed E-state index contributed by atoms with van der Waals surface area (Å²) in [7, 11) is 0. The van der Waals surface area contributed by atoms with Crippen LogP contribution in [0.4, 0.5) is 11.8 Å². The van der Waals surface area contributed by atoms with Gasteiger partial charge in [-0.05, 0) is 80.2 Å². The number of piperidine rings is 1. The van der Waals surface area contributed by atoms with Crippen molar-refractivity contribution in [3.8, 4) is 33.2 Å². The summed E-state index contributed by atoms with van der Waals surface area (Å²) in [6.45, 7) is 10.8. The van der Waals surface area contributed by atoms with E-state index in [-0.39, 0.29) is 54.4 Å². The van der Waals surface area contributed by atoms with Crippen molar-refractivity contribution in [1.29, 1.82) is 0 Å². The van der Waals surface area contributed by atoms with Crippen molar-refractivity contribution < 1.29 is 29.3 Å². The van der Waals surface area contributed by atoms with Crippen LogP contribution >= 0.6 is 11.3 Å². The number of aromatic hydroxyl groups is 1. The van der Waals surface area contributed by atoms with Crippen molar-refractivity contribution in [2.24, 2.45) is 11.3 Å². The van der Waals surface area contributed by atoms with Gasteiger partial charge in [0.1, 0.15) is 29.6 Å². The monoisotopic (exact) mass is 914 g/mol. The Morgan fingerprint density at radius 2 is 1.71 bits per heavy atom. The summed E-state index contributed by atoms with van der Waals surface area (Å²) in [6, 6.07) is 14.4. The summed E-state index contributed by atoms with van der Waals surface area (Å²) >= 11 is 1.58. The molecule has 0 bridgehead atoms. The molecule has 2 unspecified atom stereocenters. The number of anilines is 2. The average Bonchev–Trinajstić information content (AvgIpc) is 3.93. The number of nitrogen functional groups attached to an aromatic ring is 1. The normalized spacial score (nSPS) is 20.8. The highest BCUT2D eigenvalue weighted by Crippen LogP contribution is 2.35. The predicted molar refractivity (Wildman–Crippen MR) is 253 cm³/mol. The maximum absolute atomic E-state index is 14.3. The average molecular weight is 915 g/mol. The number of rotatable bonds is 12. The number of ether oxygens (including phenoxy) is 1. The SMILES string of the molecule is Cc1ncsc1-c1ccc([C@H](C)NC(=O)[C@@H]2C[C@@H](O)CN2C(=O)[C@@H](NC(=O)C2CC=C(c3cnc(N4CCCC(Oc5cc(-c6ccccc6O)nnc5N)C4)nc3)CC2)C(C)(C)C)cc1. The second-order valence-corrected chi connectivity index (χ2v) is 19.5. The molecule has 16 nitrogen and oxygen atoms in total. The number of hydrogen-bond acceptors (Lipinski definition) is 14. The zero-order valence-corrected chi connectivity index (χ0v) is 38.8. The third-order valence-electron chi connectivity index (χ3n) is 12.8. The number of phenols is 1. The number of aromatic nitrogens is 5. The van der Waals surface area contributed by atoms with E-state index in [0.717, 1.165) is 52.2 Å². The lowest BCUT2D eigenvalue weighted by Crippen LogP contribution is -2.58. The number of nitrogens with zero attached hydrogens (tertiary/aromatic N) is 7. The van der Waals surface area contributed by atoms with Gasteiger partial charge in [-0.15, -0.1) is 21.5 Å². The van der Waals surface area contributed by atoms with Gasteiger partial charge in [0, 0.05) is 55.0 Å². The van der Waals surface area contributed by atoms with Gasteiger partial charge in [0.15, 0.2) is 11.6 Å². The molecule has 66 heavy (non-hydrogen) atoms. The standard InChI is InChI=1S/C49H58N10O6S/c1-28(30-12-16-32(17-13-30)42-29(2)53-27-66-42)54-46(63)39-21-35(60)25-59(39)47(64)43(49(3,4)5)55-45(62)33-18-14-31(15-19-33)34-23-51-48(52-24-34)58-20-8-9-36(26-58)65-41-22-38(56-57-44(41)50)37-10-6-7-11-40(37)61/h6-7,10-14,16-17,22-24,27-28,33,35-36,39,43,60-61H,8-9,15,18-21,25-26H2,1-5H3,(H2,50,57)(H,54,63)(H,55,62)/t28-,33?,35+,36?,39-,43+/m0/s1. The van der Waals surface area contributed by atoms with Gasteiger partial charge >= 0.3 is 0 Å². The minimum atomic E-state index is -0.920. The molecule has 0 spiro atoms. The Bertz CT molecular complexity index is 2580. The first-order valence-electron chi connectivity index (χ1n) is 22.6. The van der Waals surface area contributed by atoms with Crippen LogP contribution in [-0.2, 0) is 14.4 Å². The van der Waals surface area contributed by atoms with E-state index in [4.69, 9.17) is 20.4 Å². The lowest BCUT2D eigenvalue weighted by molar-refractivity contribution is -0.144. The fourth-order valence-electron chi connectivity index (χ4n) is 8.96. The molecule has 3 aromatic heterocycles. The minimum Gasteiger partial charge on any atom is -0.507 e. The van der Waals surface area contributed by atoms with Crippen LogP contribution in [0, 0.1) is 18.3 Å². The first kappa shape index (κ1) is 46.1. The Morgan fingerprint density at radius 3 is 2.39 bits per heavy atom. The summed E-state index contributed by atoms with van der Waals surface area (Å²) in [6.07, 6.45) is 8.06. The van der Waals surface area contributed by atoms with E-state index in [0.29, 0.717) is 48.8 Å². The van der Waals surface area contributed by atoms with Crippen LogP contribution in [0.5, 0.6) is 11.5 Å². The van der Waals surface area contributed by atoms with Crippen molar-refractivity contribution in [3.63, 3.8) is 0 Å². The smallest absolute Gasteiger partial charge is 0.246 e. The fourth-order valence-corrected chi connectivity index (χ4v) is 9.77. The van der Waals surface area contributed by atoms with Gasteiger partial charge in [0.05, 0.1) is 34.8 Å². The van der Waals surface area contributed by atoms with Crippen LogP contribution in [-0.4, -0.2) is 102 Å². The largest absolute Gasteiger partial charge is 0.507 e. The number of carbonyl (C=O) groups excluding carboxylic acids is 3. The number of carbonyl (C=O) groups is 3. The number of para-hydroxylation sites is 1. The number of nitrogens with two attached hydrogens (primary N) is 1. The van der Waals surface area contributed by atoms with Crippen molar-refractivity contribution in [2.45, 2.75) is 103 Å². The molecule has 2 aromatic carbocycles. The molecule has 17 heteroatoms. The van der Waals surface area contributed by atoms with Crippen LogP contribution < -0.4 is 26.0 Å². The zero-order chi connectivity index (χ0) is 46.7. The first-order chi connectivity index (χ1) is 31.6. The molecular weight excluding hydrogens is 857 g/mol. The lowest BCUT2D eigenvalue weighted by Gasteiger charge is -2.36. The van der Waals surface area contributed by atoms with Crippen LogP contribution in [0.25, 0.3) is 27.3 Å². The zero-order valence-electron chi connectivity index (χ0n) is 38.0. The predicted octanol–water partition coefficient (Wildman–Crippen LogP) is 6.25. The van der Waals surface area contributed by atoms with E-state index in [9.17, 15) is 24.6 Å². The van der Waals surface area contributed by atoms with E-state index in [1.54, 1.807) is 35.6 Å². The quantitative estimate of drug-likeness (QED) is 0.0935. The number of amides is 3. The highest BCUT2D eigenvalue weighted by molar-refractivity contribution is 7.13. The van der Waals surface area contributed by atoms with Gasteiger partial charge in [-0.1, -0.05) is 63.2 Å². The molecule has 2 fully saturated rings. The topological polar surface area (TPSA) is 222 Å². The first-order valence-corrected chi connectivity index (χ1v) is 23.4. The van der Waals surface area contributed by atoms with E-state index in [1.165, 1.54) is 4.90 Å². The number of allylic oxidation sites excluding steroid dienone is 2. The summed E-state index contributed by atoms with van der Waals surface area (Å²) < 4.78 is 6.33. The number of aryl methyl sites for hydroxylation is 1. The lowest BCUT2D eigenvalue weighted by atomic mass is 9.83. The Morgan fingerprint density at radius 1 is 0.955 bits per heavy atom. The third-order valence-corrected chi connectivity index (χ3v) is 13.7. The number of hydrogen-bond donors (Lipinski definition) is 5. The number of nitrogens with one attached hydrogen (secondary N) is 2. The van der Waals surface area contributed by atoms with E-state index >= 15 is 0 Å². The van der Waals surface area contributed by atoms with Crippen molar-refractivity contribution in [3.05, 3.63) is 95.4 Å². The maximum Gasteiger partial charge on any atom is 0.246 e. The van der Waals surface area contributed by atoms with Crippen LogP contribution in [0.3, 0.4) is 0 Å². The Kier molecular flexibility index (Phi) is 13.7. The Labute approximate surface area is 388 Å². The number of likely N-dealkylation sites (tertiary alicyclic amines) is 1. The molecule has 6 atom stereocenters. The van der Waals surface area contributed by atoms with E-state index in [2.05, 4.69) is 30.7 Å². The molecule has 1 aliphatic carbocycles. The molecule has 5 heterocycles. The molecular formula is C49H58N10O6S. The molecule has 0 radical (unpaired) electrons. The van der Waals surface area contributed by atoms with E-state index in [1.807, 2.05) is 88.9 Å². The van der Waals surface area contributed by atoms with Gasteiger partial charge in [0.25, 0.3) is 0 Å². The van der Waals surface area contributed by atoms with Crippen LogP contribution in [0.1, 0.15) is 89.1 Å². The van der Waals surface area contributed by atoms with Gasteiger partial charge in [-0.25, -0.2) is 15.0 Å². The third kappa shape index (κ3) is 10.3. The van der Waals surface area contributed by atoms with Crippen molar-refractivity contribution >= 4 is 46.4 Å². The van der Waals surface area contributed by atoms with E-state index < -0.39 is 29.5 Å². The second-order valence-electron chi connectivity index (χ2n) is 18.6. The highest BCUT2D eigenvalue weighted by Gasteiger charge is 2.45. The Hall–Kier alpha value is -6.46. The molecule has 5 aromatic rings. The second kappa shape index (κ2) is 19.6. The van der Waals surface area contributed by atoms with Gasteiger partial charge < -0.3 is 41.1 Å². The summed E-state index contributed by atoms with van der Waals surface area (Å²) in [5, 5.41) is 35.4. The number of phenolic OH excluding ortho intramolecular Hbond substituents is 1. The number of aliphatic hydroxyl groups excluding tert-OH is 1. The molecule has 8 rings (SSSR count). The molecule has 346 valence electrons. The molecule has 3 amide bonds. The Balaban J connectivity index is 0.857. The van der Waals surface area contributed by atoms with Crippen molar-refractivity contribution in [2.75, 3.05) is 30.3 Å². The van der Waals surface area contributed by atoms with Gasteiger partial charge in [-0.3, -0.25) is 14.4 Å².